The van der Waals surface area contributed by atoms with E-state index in [-0.39, 0.29) is 28.3 Å². The molecule has 2 aliphatic heterocycles. The molecule has 2 bridgehead atoms. The molecule has 1 aromatic carbocycles. The Morgan fingerprint density at radius 3 is 3.00 bits per heavy atom. The Bertz CT molecular complexity index is 835. The Kier molecular flexibility index (Phi) is 2.31. The van der Waals surface area contributed by atoms with Crippen molar-refractivity contribution in [2.45, 2.75) is 43.2 Å². The lowest BCUT2D eigenvalue weighted by Gasteiger charge is -2.50. The molecule has 7 atom stereocenters. The molecule has 130 valence electrons. The Balaban J connectivity index is 1.69. The fourth-order valence-corrected chi connectivity index (χ4v) is 8.13. The van der Waals surface area contributed by atoms with Crippen LogP contribution in [-0.4, -0.2) is 24.7 Å². The minimum atomic E-state index is -0.223. The number of benzene rings is 1. The van der Waals surface area contributed by atoms with Gasteiger partial charge in [0.15, 0.2) is 0 Å². The third kappa shape index (κ3) is 1.17. The molecule has 4 heteroatoms. The highest BCUT2D eigenvalue weighted by Gasteiger charge is 2.85. The van der Waals surface area contributed by atoms with Crippen molar-refractivity contribution < 1.29 is 9.53 Å². The van der Waals surface area contributed by atoms with E-state index in [0.717, 1.165) is 12.8 Å². The highest BCUT2D eigenvalue weighted by atomic mass is 16.5. The van der Waals surface area contributed by atoms with Crippen molar-refractivity contribution in [1.82, 2.24) is 5.32 Å². The zero-order chi connectivity index (χ0) is 17.0. The van der Waals surface area contributed by atoms with Crippen LogP contribution in [0.15, 0.2) is 36.5 Å². The number of esters is 1. The van der Waals surface area contributed by atoms with E-state index < -0.39 is 0 Å². The highest BCUT2D eigenvalue weighted by molar-refractivity contribution is 5.82. The first-order valence-corrected chi connectivity index (χ1v) is 9.51. The Labute approximate surface area is 148 Å². The van der Waals surface area contributed by atoms with Gasteiger partial charge in [-0.3, -0.25) is 4.79 Å². The zero-order valence-electron chi connectivity index (χ0n) is 14.7. The Morgan fingerprint density at radius 2 is 2.16 bits per heavy atom. The van der Waals surface area contributed by atoms with E-state index in [0.29, 0.717) is 17.9 Å². The van der Waals surface area contributed by atoms with Crippen molar-refractivity contribution in [3.8, 4) is 0 Å². The standard InChI is InChI=1S/C21H24N2O2/c1-12-19-9-10-22-16-7-8-20(17(16)19)13-5-3-4-6-15(13)23-21(12,20)14(11-19)18(24)25-2/h3-6,9-10,12,14,16-17,22-23H,7-8,11H2,1-2H3. The number of hydrogen-bond donors (Lipinski definition) is 2. The molecule has 6 rings (SSSR count). The summed E-state index contributed by atoms with van der Waals surface area (Å²) in [6, 6.07) is 9.27. The van der Waals surface area contributed by atoms with Gasteiger partial charge in [0.05, 0.1) is 18.6 Å². The van der Waals surface area contributed by atoms with Crippen LogP contribution in [0.1, 0.15) is 31.7 Å². The maximum atomic E-state index is 12.9. The maximum absolute atomic E-state index is 12.9. The Morgan fingerprint density at radius 1 is 1.32 bits per heavy atom. The number of fused-ring (bicyclic) bond motifs is 1. The maximum Gasteiger partial charge on any atom is 0.311 e. The topological polar surface area (TPSA) is 50.4 Å². The van der Waals surface area contributed by atoms with Crippen molar-refractivity contribution in [3.63, 3.8) is 0 Å². The summed E-state index contributed by atoms with van der Waals surface area (Å²) in [5.41, 5.74) is 2.56. The number of carbonyl (C=O) groups is 1. The summed E-state index contributed by atoms with van der Waals surface area (Å²) < 4.78 is 5.30. The van der Waals surface area contributed by atoms with E-state index in [1.54, 1.807) is 0 Å². The van der Waals surface area contributed by atoms with Crippen LogP contribution in [0.25, 0.3) is 0 Å². The van der Waals surface area contributed by atoms with Crippen LogP contribution >= 0.6 is 0 Å². The SMILES string of the molecule is COC(=O)C1CC23C=CNC4CCC5(c6ccccc6NC15C2C)C43. The van der Waals surface area contributed by atoms with Gasteiger partial charge >= 0.3 is 5.97 Å². The number of nitrogens with one attached hydrogen (secondary N) is 2. The quantitative estimate of drug-likeness (QED) is 0.775. The molecule has 7 unspecified atom stereocenters. The number of para-hydroxylation sites is 1. The second-order valence-corrected chi connectivity index (χ2v) is 8.75. The fraction of sp³-hybridized carbons (Fsp3) is 0.571. The van der Waals surface area contributed by atoms with E-state index in [1.165, 1.54) is 24.8 Å². The molecule has 2 heterocycles. The monoisotopic (exact) mass is 336 g/mol. The van der Waals surface area contributed by atoms with Crippen LogP contribution in [0.4, 0.5) is 5.69 Å². The number of carbonyl (C=O) groups excluding carboxylic acids is 1. The summed E-state index contributed by atoms with van der Waals surface area (Å²) in [6.45, 7) is 2.37. The molecule has 0 radical (unpaired) electrons. The summed E-state index contributed by atoms with van der Waals surface area (Å²) in [4.78, 5) is 12.9. The average molecular weight is 336 g/mol. The summed E-state index contributed by atoms with van der Waals surface area (Å²) >= 11 is 0. The summed E-state index contributed by atoms with van der Waals surface area (Å²) in [5, 5.41) is 7.57. The van der Waals surface area contributed by atoms with Crippen molar-refractivity contribution in [2.24, 2.45) is 23.2 Å². The van der Waals surface area contributed by atoms with Crippen LogP contribution in [0.3, 0.4) is 0 Å². The highest BCUT2D eigenvalue weighted by Crippen LogP contribution is 2.81. The molecule has 0 aromatic heterocycles. The van der Waals surface area contributed by atoms with E-state index in [9.17, 15) is 4.79 Å². The third-order valence-corrected chi connectivity index (χ3v) is 8.64. The lowest BCUT2D eigenvalue weighted by atomic mass is 9.55. The summed E-state index contributed by atoms with van der Waals surface area (Å²) in [6.07, 6.45) is 7.77. The third-order valence-electron chi connectivity index (χ3n) is 8.64. The molecular weight excluding hydrogens is 312 g/mol. The molecule has 5 aliphatic rings. The van der Waals surface area contributed by atoms with Crippen molar-refractivity contribution >= 4 is 11.7 Å². The van der Waals surface area contributed by atoms with Crippen LogP contribution < -0.4 is 10.6 Å². The molecule has 3 fully saturated rings. The number of ether oxygens (including phenoxy) is 1. The number of allylic oxidation sites excluding steroid dienone is 1. The molecular formula is C21H24N2O2. The van der Waals surface area contributed by atoms with Gasteiger partial charge in [0.25, 0.3) is 0 Å². The molecule has 25 heavy (non-hydrogen) atoms. The summed E-state index contributed by atoms with van der Waals surface area (Å²) in [7, 11) is 1.54. The largest absolute Gasteiger partial charge is 0.469 e. The second kappa shape index (κ2) is 4.05. The van der Waals surface area contributed by atoms with Gasteiger partial charge in [-0.1, -0.05) is 31.2 Å². The van der Waals surface area contributed by atoms with Crippen molar-refractivity contribution in [1.29, 1.82) is 0 Å². The van der Waals surface area contributed by atoms with Gasteiger partial charge in [0.2, 0.25) is 0 Å². The van der Waals surface area contributed by atoms with Crippen LogP contribution in [0, 0.1) is 23.2 Å². The first kappa shape index (κ1) is 14.2. The minimum absolute atomic E-state index is 0.0303. The van der Waals surface area contributed by atoms with Gasteiger partial charge in [-0.2, -0.15) is 0 Å². The van der Waals surface area contributed by atoms with E-state index in [4.69, 9.17) is 4.74 Å². The first-order valence-electron chi connectivity index (χ1n) is 9.51. The van der Waals surface area contributed by atoms with E-state index >= 15 is 0 Å². The first-order chi connectivity index (χ1) is 12.1. The average Bonchev–Trinajstić information content (AvgIpc) is 3.29. The fourth-order valence-electron chi connectivity index (χ4n) is 8.13. The van der Waals surface area contributed by atoms with Crippen molar-refractivity contribution in [3.05, 3.63) is 42.1 Å². The second-order valence-electron chi connectivity index (χ2n) is 8.75. The molecule has 0 saturated heterocycles. The molecule has 3 aliphatic carbocycles. The molecule has 3 spiro atoms. The predicted octanol–water partition coefficient (Wildman–Crippen LogP) is 2.81. The van der Waals surface area contributed by atoms with E-state index in [2.05, 4.69) is 54.1 Å². The van der Waals surface area contributed by atoms with Gasteiger partial charge in [0.1, 0.15) is 0 Å². The van der Waals surface area contributed by atoms with Gasteiger partial charge < -0.3 is 15.4 Å². The number of rotatable bonds is 1. The van der Waals surface area contributed by atoms with Crippen LogP contribution in [0.2, 0.25) is 0 Å². The summed E-state index contributed by atoms with van der Waals surface area (Å²) in [5.74, 6) is 0.828. The van der Waals surface area contributed by atoms with Gasteiger partial charge in [-0.15, -0.1) is 0 Å². The smallest absolute Gasteiger partial charge is 0.311 e. The lowest BCUT2D eigenvalue weighted by molar-refractivity contribution is -0.149. The van der Waals surface area contributed by atoms with Gasteiger partial charge in [-0.25, -0.2) is 0 Å². The van der Waals surface area contributed by atoms with Crippen LogP contribution in [-0.2, 0) is 14.9 Å². The van der Waals surface area contributed by atoms with Crippen molar-refractivity contribution in [2.75, 3.05) is 12.4 Å². The van der Waals surface area contributed by atoms with Gasteiger partial charge in [0, 0.05) is 28.5 Å². The number of anilines is 1. The van der Waals surface area contributed by atoms with Gasteiger partial charge in [-0.05, 0) is 43.0 Å². The lowest BCUT2D eigenvalue weighted by Crippen LogP contribution is -2.61. The number of hydrogen-bond acceptors (Lipinski definition) is 4. The van der Waals surface area contributed by atoms with Crippen LogP contribution in [0.5, 0.6) is 0 Å². The van der Waals surface area contributed by atoms with E-state index in [1.807, 2.05) is 0 Å². The molecule has 4 nitrogen and oxygen atoms in total. The molecule has 2 N–H and O–H groups in total. The predicted molar refractivity (Wildman–Crippen MR) is 95.0 cm³/mol. The Hall–Kier alpha value is -1.97. The number of methoxy groups -OCH3 is 1. The minimum Gasteiger partial charge on any atom is -0.469 e. The normalized spacial score (nSPS) is 49.8. The molecule has 0 amide bonds. The zero-order valence-corrected chi connectivity index (χ0v) is 14.7. The molecule has 3 saturated carbocycles. The molecule has 1 aromatic rings.